The lowest BCUT2D eigenvalue weighted by atomic mass is 10.00. The van der Waals surface area contributed by atoms with E-state index in [0.29, 0.717) is 5.92 Å². The zero-order valence-corrected chi connectivity index (χ0v) is 14.7. The molecule has 0 radical (unpaired) electrons. The van der Waals surface area contributed by atoms with Crippen molar-refractivity contribution < 1.29 is 9.53 Å². The second kappa shape index (κ2) is 7.92. The van der Waals surface area contributed by atoms with E-state index >= 15 is 0 Å². The number of benzene rings is 1. The predicted molar refractivity (Wildman–Crippen MR) is 95.4 cm³/mol. The van der Waals surface area contributed by atoms with Gasteiger partial charge in [-0.05, 0) is 42.8 Å². The largest absolute Gasteiger partial charge is 0.483 e. The summed E-state index contributed by atoms with van der Waals surface area (Å²) < 4.78 is 5.66. The van der Waals surface area contributed by atoms with Gasteiger partial charge in [0.25, 0.3) is 5.91 Å². The van der Waals surface area contributed by atoms with Crippen molar-refractivity contribution in [2.75, 3.05) is 6.61 Å². The molecule has 2 aromatic rings. The van der Waals surface area contributed by atoms with Crippen LogP contribution in [0.25, 0.3) is 0 Å². The zero-order chi connectivity index (χ0) is 16.8. The summed E-state index contributed by atoms with van der Waals surface area (Å²) in [5.74, 6) is 0.822. The van der Waals surface area contributed by atoms with Crippen LogP contribution in [-0.4, -0.2) is 18.2 Å². The van der Waals surface area contributed by atoms with Gasteiger partial charge in [0.15, 0.2) is 6.61 Å². The van der Waals surface area contributed by atoms with Crippen LogP contribution < -0.4 is 10.2 Å². The molecular weight excluding hydrogens is 308 g/mol. The summed E-state index contributed by atoms with van der Waals surface area (Å²) in [6.45, 7) is 8.07. The van der Waals surface area contributed by atoms with Crippen molar-refractivity contribution in [1.82, 2.24) is 5.43 Å². The Morgan fingerprint density at radius 2 is 2.13 bits per heavy atom. The lowest BCUT2D eigenvalue weighted by Crippen LogP contribution is -2.25. The van der Waals surface area contributed by atoms with Crippen molar-refractivity contribution in [2.24, 2.45) is 5.10 Å². The van der Waals surface area contributed by atoms with Gasteiger partial charge in [-0.1, -0.05) is 37.6 Å². The Morgan fingerprint density at radius 3 is 2.78 bits per heavy atom. The molecular formula is C18H22N2O2S. The molecule has 0 bridgehead atoms. The molecule has 1 aromatic carbocycles. The smallest absolute Gasteiger partial charge is 0.277 e. The fraction of sp³-hybridized carbons (Fsp3) is 0.333. The average molecular weight is 330 g/mol. The Bertz CT molecular complexity index is 691. The van der Waals surface area contributed by atoms with Crippen LogP contribution in [0.5, 0.6) is 5.75 Å². The van der Waals surface area contributed by atoms with Gasteiger partial charge in [0, 0.05) is 4.88 Å². The summed E-state index contributed by atoms with van der Waals surface area (Å²) in [6.07, 6.45) is 0. The van der Waals surface area contributed by atoms with E-state index in [0.717, 1.165) is 21.9 Å². The summed E-state index contributed by atoms with van der Waals surface area (Å²) in [6, 6.07) is 9.91. The second-order valence-corrected chi connectivity index (χ2v) is 6.64. The maximum Gasteiger partial charge on any atom is 0.277 e. The molecule has 4 nitrogen and oxygen atoms in total. The SMILES string of the molecule is CC(=NNC(=O)COc1ccc(C)cc1C(C)C)c1cccs1. The van der Waals surface area contributed by atoms with Gasteiger partial charge in [-0.3, -0.25) is 4.79 Å². The van der Waals surface area contributed by atoms with Crippen LogP contribution in [0.15, 0.2) is 40.8 Å². The molecule has 0 aliphatic heterocycles. The fourth-order valence-corrected chi connectivity index (χ4v) is 2.79. The highest BCUT2D eigenvalue weighted by Gasteiger charge is 2.10. The number of nitrogens with one attached hydrogen (secondary N) is 1. The first kappa shape index (κ1) is 17.2. The van der Waals surface area contributed by atoms with Crippen molar-refractivity contribution in [3.8, 4) is 5.75 Å². The second-order valence-electron chi connectivity index (χ2n) is 5.69. The van der Waals surface area contributed by atoms with E-state index in [1.54, 1.807) is 11.3 Å². The van der Waals surface area contributed by atoms with Gasteiger partial charge in [-0.2, -0.15) is 5.10 Å². The molecule has 1 heterocycles. The zero-order valence-electron chi connectivity index (χ0n) is 13.9. The number of nitrogens with zero attached hydrogens (tertiary/aromatic N) is 1. The number of hydrazone groups is 1. The molecule has 1 aromatic heterocycles. The van der Waals surface area contributed by atoms with E-state index in [1.807, 2.05) is 43.5 Å². The van der Waals surface area contributed by atoms with Gasteiger partial charge in [-0.15, -0.1) is 11.3 Å². The quantitative estimate of drug-likeness (QED) is 0.640. The summed E-state index contributed by atoms with van der Waals surface area (Å²) in [7, 11) is 0. The Balaban J connectivity index is 1.93. The average Bonchev–Trinajstić information content (AvgIpc) is 3.05. The lowest BCUT2D eigenvalue weighted by Gasteiger charge is -2.14. The molecule has 23 heavy (non-hydrogen) atoms. The topological polar surface area (TPSA) is 50.7 Å². The number of ether oxygens (including phenoxy) is 1. The molecule has 122 valence electrons. The molecule has 0 saturated heterocycles. The number of carbonyl (C=O) groups is 1. The van der Waals surface area contributed by atoms with E-state index in [9.17, 15) is 4.79 Å². The molecule has 0 atom stereocenters. The minimum absolute atomic E-state index is 0.0516. The number of rotatable bonds is 6. The van der Waals surface area contributed by atoms with E-state index in [1.165, 1.54) is 5.56 Å². The van der Waals surface area contributed by atoms with Gasteiger partial charge >= 0.3 is 0 Å². The number of hydrogen-bond donors (Lipinski definition) is 1. The summed E-state index contributed by atoms with van der Waals surface area (Å²) in [5.41, 5.74) is 5.61. The molecule has 0 aliphatic carbocycles. The van der Waals surface area contributed by atoms with Crippen molar-refractivity contribution in [1.29, 1.82) is 0 Å². The van der Waals surface area contributed by atoms with Gasteiger partial charge in [0.1, 0.15) is 5.75 Å². The molecule has 0 fully saturated rings. The maximum absolute atomic E-state index is 11.9. The number of carbonyl (C=O) groups excluding carboxylic acids is 1. The molecule has 0 unspecified atom stereocenters. The van der Waals surface area contributed by atoms with Crippen molar-refractivity contribution in [3.05, 3.63) is 51.7 Å². The normalized spacial score (nSPS) is 11.6. The third-order valence-corrected chi connectivity index (χ3v) is 4.35. The van der Waals surface area contributed by atoms with Crippen molar-refractivity contribution in [3.63, 3.8) is 0 Å². The number of thiophene rings is 1. The molecule has 0 saturated carbocycles. The highest BCUT2D eigenvalue weighted by Crippen LogP contribution is 2.27. The van der Waals surface area contributed by atoms with Crippen LogP contribution >= 0.6 is 11.3 Å². The van der Waals surface area contributed by atoms with Gasteiger partial charge in [0.2, 0.25) is 0 Å². The summed E-state index contributed by atoms with van der Waals surface area (Å²) in [5, 5.41) is 6.07. The van der Waals surface area contributed by atoms with Crippen LogP contribution in [0.3, 0.4) is 0 Å². The predicted octanol–water partition coefficient (Wildman–Crippen LogP) is 4.10. The molecule has 1 N–H and O–H groups in total. The van der Waals surface area contributed by atoms with E-state index < -0.39 is 0 Å². The van der Waals surface area contributed by atoms with Crippen LogP contribution in [-0.2, 0) is 4.79 Å². The molecule has 2 rings (SSSR count). The summed E-state index contributed by atoms with van der Waals surface area (Å²) in [4.78, 5) is 12.9. The Labute approximate surface area is 141 Å². The van der Waals surface area contributed by atoms with Gasteiger partial charge < -0.3 is 4.74 Å². The van der Waals surface area contributed by atoms with Gasteiger partial charge in [0.05, 0.1) is 5.71 Å². The number of hydrogen-bond acceptors (Lipinski definition) is 4. The highest BCUT2D eigenvalue weighted by molar-refractivity contribution is 7.12. The third kappa shape index (κ3) is 4.93. The Morgan fingerprint density at radius 1 is 1.35 bits per heavy atom. The minimum Gasteiger partial charge on any atom is -0.483 e. The van der Waals surface area contributed by atoms with E-state index in [-0.39, 0.29) is 12.5 Å². The van der Waals surface area contributed by atoms with E-state index in [2.05, 4.69) is 30.4 Å². The third-order valence-electron chi connectivity index (χ3n) is 3.37. The van der Waals surface area contributed by atoms with E-state index in [4.69, 9.17) is 4.74 Å². The molecule has 0 spiro atoms. The molecule has 0 aliphatic rings. The molecule has 1 amide bonds. The number of aryl methyl sites for hydroxylation is 1. The fourth-order valence-electron chi connectivity index (χ4n) is 2.11. The van der Waals surface area contributed by atoms with Crippen LogP contribution in [0, 0.1) is 6.92 Å². The first-order valence-corrected chi connectivity index (χ1v) is 8.45. The standard InChI is InChI=1S/C18H22N2O2S/c1-12(2)15-10-13(3)7-8-16(15)22-11-18(21)20-19-14(4)17-6-5-9-23-17/h5-10,12H,11H2,1-4H3,(H,20,21). The van der Waals surface area contributed by atoms with Crippen molar-refractivity contribution in [2.45, 2.75) is 33.6 Å². The summed E-state index contributed by atoms with van der Waals surface area (Å²) >= 11 is 1.59. The van der Waals surface area contributed by atoms with Crippen LogP contribution in [0.2, 0.25) is 0 Å². The number of amides is 1. The van der Waals surface area contributed by atoms with Crippen LogP contribution in [0.4, 0.5) is 0 Å². The Kier molecular flexibility index (Phi) is 5.93. The van der Waals surface area contributed by atoms with Gasteiger partial charge in [-0.25, -0.2) is 5.43 Å². The maximum atomic E-state index is 11.9. The highest BCUT2D eigenvalue weighted by atomic mass is 32.1. The first-order chi connectivity index (χ1) is 11.0. The lowest BCUT2D eigenvalue weighted by molar-refractivity contribution is -0.123. The van der Waals surface area contributed by atoms with Crippen LogP contribution in [0.1, 0.15) is 42.7 Å². The molecule has 5 heteroatoms. The minimum atomic E-state index is -0.267. The monoisotopic (exact) mass is 330 g/mol. The Hall–Kier alpha value is -2.14. The van der Waals surface area contributed by atoms with Crippen molar-refractivity contribution >= 4 is 23.0 Å². The first-order valence-electron chi connectivity index (χ1n) is 7.57.